The Labute approximate surface area is 72.9 Å². The van der Waals surface area contributed by atoms with Crippen LogP contribution in [0.25, 0.3) is 0 Å². The largest absolute Gasteiger partial charge is 0.355 e. The molecule has 70 valence electrons. The highest BCUT2D eigenvalue weighted by Gasteiger charge is 2.19. The molecular formula is C8H17N3O. The van der Waals surface area contributed by atoms with Gasteiger partial charge in [0.2, 0.25) is 5.91 Å². The molecule has 0 aromatic rings. The molecule has 0 unspecified atom stereocenters. The normalized spacial score (nSPS) is 23.6. The first-order valence-corrected chi connectivity index (χ1v) is 4.53. The second-order valence-electron chi connectivity index (χ2n) is 3.12. The topological polar surface area (TPSA) is 67.1 Å². The maximum absolute atomic E-state index is 11.4. The Morgan fingerprint density at radius 1 is 1.67 bits per heavy atom. The summed E-state index contributed by atoms with van der Waals surface area (Å²) in [4.78, 5) is 11.4. The molecule has 0 aromatic heterocycles. The van der Waals surface area contributed by atoms with E-state index in [0.717, 1.165) is 25.9 Å². The van der Waals surface area contributed by atoms with E-state index in [9.17, 15) is 4.79 Å². The van der Waals surface area contributed by atoms with Crippen molar-refractivity contribution in [1.29, 1.82) is 0 Å². The fraction of sp³-hybridized carbons (Fsp3) is 0.875. The molecule has 1 aliphatic rings. The van der Waals surface area contributed by atoms with Gasteiger partial charge in [0.15, 0.2) is 0 Å². The summed E-state index contributed by atoms with van der Waals surface area (Å²) in [6, 6.07) is 0. The highest BCUT2D eigenvalue weighted by molar-refractivity contribution is 5.78. The zero-order valence-corrected chi connectivity index (χ0v) is 7.31. The maximum Gasteiger partial charge on any atom is 0.224 e. The molecule has 0 radical (unpaired) electrons. The van der Waals surface area contributed by atoms with E-state index < -0.39 is 0 Å². The van der Waals surface area contributed by atoms with Crippen LogP contribution in [-0.4, -0.2) is 32.1 Å². The lowest BCUT2D eigenvalue weighted by Crippen LogP contribution is -2.41. The van der Waals surface area contributed by atoms with Gasteiger partial charge in [-0.2, -0.15) is 0 Å². The molecule has 0 aliphatic carbocycles. The number of nitrogens with two attached hydrogens (primary N) is 1. The molecular weight excluding hydrogens is 154 g/mol. The molecule has 4 nitrogen and oxygen atoms in total. The van der Waals surface area contributed by atoms with Crippen molar-refractivity contribution >= 4 is 5.91 Å². The molecule has 0 spiro atoms. The van der Waals surface area contributed by atoms with Crippen LogP contribution in [0.5, 0.6) is 0 Å². The van der Waals surface area contributed by atoms with E-state index in [1.807, 2.05) is 0 Å². The van der Waals surface area contributed by atoms with Gasteiger partial charge < -0.3 is 16.4 Å². The van der Waals surface area contributed by atoms with Gasteiger partial charge >= 0.3 is 0 Å². The van der Waals surface area contributed by atoms with Crippen LogP contribution in [0, 0.1) is 5.92 Å². The predicted molar refractivity (Wildman–Crippen MR) is 47.7 cm³/mol. The van der Waals surface area contributed by atoms with E-state index in [4.69, 9.17) is 5.73 Å². The van der Waals surface area contributed by atoms with Crippen LogP contribution in [0.3, 0.4) is 0 Å². The molecule has 4 N–H and O–H groups in total. The van der Waals surface area contributed by atoms with Crippen LogP contribution in [0.1, 0.15) is 12.8 Å². The molecule has 0 aromatic carbocycles. The van der Waals surface area contributed by atoms with E-state index in [1.54, 1.807) is 0 Å². The molecule has 1 aliphatic heterocycles. The van der Waals surface area contributed by atoms with Crippen molar-refractivity contribution in [2.24, 2.45) is 11.7 Å². The van der Waals surface area contributed by atoms with Gasteiger partial charge in [0.05, 0.1) is 5.92 Å². The first kappa shape index (κ1) is 9.48. The summed E-state index contributed by atoms with van der Waals surface area (Å²) in [7, 11) is 0. The fourth-order valence-corrected chi connectivity index (χ4v) is 1.42. The number of amides is 1. The smallest absolute Gasteiger partial charge is 0.224 e. The van der Waals surface area contributed by atoms with Crippen molar-refractivity contribution in [3.63, 3.8) is 0 Å². The van der Waals surface area contributed by atoms with Gasteiger partial charge in [-0.3, -0.25) is 4.79 Å². The number of rotatable bonds is 3. The Kier molecular flexibility index (Phi) is 4.04. The second kappa shape index (κ2) is 5.11. The van der Waals surface area contributed by atoms with E-state index in [-0.39, 0.29) is 11.8 Å². The van der Waals surface area contributed by atoms with Gasteiger partial charge in [-0.1, -0.05) is 0 Å². The van der Waals surface area contributed by atoms with Crippen molar-refractivity contribution in [1.82, 2.24) is 10.6 Å². The van der Waals surface area contributed by atoms with Gasteiger partial charge in [-0.05, 0) is 19.4 Å². The number of hydrogen-bond acceptors (Lipinski definition) is 3. The highest BCUT2D eigenvalue weighted by Crippen LogP contribution is 2.09. The summed E-state index contributed by atoms with van der Waals surface area (Å²) in [6.07, 6.45) is 2.10. The fourth-order valence-electron chi connectivity index (χ4n) is 1.42. The number of carbonyl (C=O) groups is 1. The van der Waals surface area contributed by atoms with Crippen LogP contribution in [0.2, 0.25) is 0 Å². The number of piperidine rings is 1. The van der Waals surface area contributed by atoms with Gasteiger partial charge in [0.25, 0.3) is 0 Å². The van der Waals surface area contributed by atoms with E-state index in [0.29, 0.717) is 13.1 Å². The van der Waals surface area contributed by atoms with Gasteiger partial charge in [-0.25, -0.2) is 0 Å². The number of nitrogens with one attached hydrogen (secondary N) is 2. The first-order valence-electron chi connectivity index (χ1n) is 4.53. The summed E-state index contributed by atoms with van der Waals surface area (Å²) in [5.74, 6) is 0.304. The van der Waals surface area contributed by atoms with Crippen molar-refractivity contribution in [2.45, 2.75) is 12.8 Å². The molecule has 1 heterocycles. The Morgan fingerprint density at radius 2 is 2.50 bits per heavy atom. The zero-order chi connectivity index (χ0) is 8.81. The first-order chi connectivity index (χ1) is 5.84. The lowest BCUT2D eigenvalue weighted by atomic mass is 9.99. The molecule has 1 amide bonds. The minimum atomic E-state index is 0.146. The third kappa shape index (κ3) is 2.79. The lowest BCUT2D eigenvalue weighted by molar-refractivity contribution is -0.125. The maximum atomic E-state index is 11.4. The number of hydrogen-bond donors (Lipinski definition) is 3. The second-order valence-corrected chi connectivity index (χ2v) is 3.12. The van der Waals surface area contributed by atoms with Crippen LogP contribution in [0.15, 0.2) is 0 Å². The van der Waals surface area contributed by atoms with E-state index in [1.165, 1.54) is 0 Å². The van der Waals surface area contributed by atoms with Gasteiger partial charge in [0.1, 0.15) is 0 Å². The van der Waals surface area contributed by atoms with Crippen LogP contribution in [0.4, 0.5) is 0 Å². The standard InChI is InChI=1S/C8H17N3O/c9-3-5-11-8(12)7-2-1-4-10-6-7/h7,10H,1-6,9H2,(H,11,12)/t7-/m0/s1. The van der Waals surface area contributed by atoms with Crippen molar-refractivity contribution < 1.29 is 4.79 Å². The SMILES string of the molecule is NCCNC(=O)[C@H]1CCCNC1. The van der Waals surface area contributed by atoms with E-state index in [2.05, 4.69) is 10.6 Å². The summed E-state index contributed by atoms with van der Waals surface area (Å²) in [6.45, 7) is 2.97. The molecule has 0 bridgehead atoms. The monoisotopic (exact) mass is 171 g/mol. The highest BCUT2D eigenvalue weighted by atomic mass is 16.1. The molecule has 12 heavy (non-hydrogen) atoms. The van der Waals surface area contributed by atoms with Gasteiger partial charge in [-0.15, -0.1) is 0 Å². The predicted octanol–water partition coefficient (Wildman–Crippen LogP) is -0.939. The average Bonchev–Trinajstić information content (AvgIpc) is 2.15. The lowest BCUT2D eigenvalue weighted by Gasteiger charge is -2.21. The molecule has 1 fully saturated rings. The van der Waals surface area contributed by atoms with Crippen LogP contribution in [-0.2, 0) is 4.79 Å². The summed E-state index contributed by atoms with van der Waals surface area (Å²) < 4.78 is 0. The molecule has 1 atom stereocenters. The average molecular weight is 171 g/mol. The third-order valence-electron chi connectivity index (χ3n) is 2.11. The van der Waals surface area contributed by atoms with Crippen LogP contribution < -0.4 is 16.4 Å². The zero-order valence-electron chi connectivity index (χ0n) is 7.31. The molecule has 0 saturated carbocycles. The third-order valence-corrected chi connectivity index (χ3v) is 2.11. The Bertz CT molecular complexity index is 143. The summed E-state index contributed by atoms with van der Waals surface area (Å²) in [5, 5.41) is 6.00. The minimum Gasteiger partial charge on any atom is -0.355 e. The Hall–Kier alpha value is -0.610. The van der Waals surface area contributed by atoms with Crippen LogP contribution >= 0.6 is 0 Å². The van der Waals surface area contributed by atoms with Gasteiger partial charge in [0, 0.05) is 19.6 Å². The van der Waals surface area contributed by atoms with E-state index >= 15 is 0 Å². The Balaban J connectivity index is 2.20. The quantitative estimate of drug-likeness (QED) is 0.513. The van der Waals surface area contributed by atoms with Crippen molar-refractivity contribution in [3.05, 3.63) is 0 Å². The molecule has 1 rings (SSSR count). The van der Waals surface area contributed by atoms with Crippen molar-refractivity contribution in [3.8, 4) is 0 Å². The van der Waals surface area contributed by atoms with Crippen molar-refractivity contribution in [2.75, 3.05) is 26.2 Å². The summed E-state index contributed by atoms with van der Waals surface area (Å²) in [5.41, 5.74) is 5.28. The minimum absolute atomic E-state index is 0.146. The Morgan fingerprint density at radius 3 is 3.08 bits per heavy atom. The summed E-state index contributed by atoms with van der Waals surface area (Å²) >= 11 is 0. The molecule has 4 heteroatoms. The number of carbonyl (C=O) groups excluding carboxylic acids is 1. The molecule has 1 saturated heterocycles.